The van der Waals surface area contributed by atoms with Crippen LogP contribution in [0.15, 0.2) is 28.7 Å². The summed E-state index contributed by atoms with van der Waals surface area (Å²) in [5.74, 6) is -0.686. The van der Waals surface area contributed by atoms with Gasteiger partial charge in [-0.1, -0.05) is 34.1 Å². The molecule has 5 heteroatoms. The molecular formula is C13H15BrN2O2. The number of nitrogens with two attached hydrogens (primary N) is 1. The van der Waals surface area contributed by atoms with Gasteiger partial charge in [-0.05, 0) is 18.1 Å². The molecule has 1 atom stereocenters. The van der Waals surface area contributed by atoms with Crippen LogP contribution in [-0.2, 0) is 16.0 Å². The van der Waals surface area contributed by atoms with Gasteiger partial charge in [0.2, 0.25) is 11.8 Å². The number of likely N-dealkylation sites (tertiary alicyclic amines) is 1. The number of hydrogen-bond acceptors (Lipinski definition) is 2. The minimum Gasteiger partial charge on any atom is -0.369 e. The third-order valence-electron chi connectivity index (χ3n) is 3.23. The second kappa shape index (κ2) is 5.52. The van der Waals surface area contributed by atoms with Gasteiger partial charge in [0.05, 0.1) is 5.92 Å². The highest BCUT2D eigenvalue weighted by molar-refractivity contribution is 9.10. The van der Waals surface area contributed by atoms with Crippen LogP contribution in [0.5, 0.6) is 0 Å². The molecule has 1 fully saturated rings. The van der Waals surface area contributed by atoms with Gasteiger partial charge in [0.15, 0.2) is 0 Å². The first kappa shape index (κ1) is 13.1. The van der Waals surface area contributed by atoms with E-state index in [9.17, 15) is 9.59 Å². The van der Waals surface area contributed by atoms with Crippen molar-refractivity contribution < 1.29 is 9.59 Å². The molecule has 0 aliphatic carbocycles. The summed E-state index contributed by atoms with van der Waals surface area (Å²) in [6, 6.07) is 7.93. The van der Waals surface area contributed by atoms with E-state index in [-0.39, 0.29) is 24.2 Å². The van der Waals surface area contributed by atoms with E-state index in [2.05, 4.69) is 15.9 Å². The van der Waals surface area contributed by atoms with Gasteiger partial charge >= 0.3 is 0 Å². The second-order valence-electron chi connectivity index (χ2n) is 4.48. The molecular weight excluding hydrogens is 296 g/mol. The van der Waals surface area contributed by atoms with Crippen molar-refractivity contribution in [2.45, 2.75) is 12.8 Å². The average molecular weight is 311 g/mol. The van der Waals surface area contributed by atoms with Gasteiger partial charge in [-0.25, -0.2) is 0 Å². The van der Waals surface area contributed by atoms with Crippen molar-refractivity contribution in [1.82, 2.24) is 4.90 Å². The average Bonchev–Trinajstić information content (AvgIpc) is 2.70. The van der Waals surface area contributed by atoms with E-state index in [4.69, 9.17) is 5.73 Å². The van der Waals surface area contributed by atoms with Crippen LogP contribution in [0, 0.1) is 5.92 Å². The molecule has 96 valence electrons. The molecule has 0 radical (unpaired) electrons. The van der Waals surface area contributed by atoms with Crippen LogP contribution in [0.4, 0.5) is 0 Å². The molecule has 1 aromatic carbocycles. The maximum atomic E-state index is 11.7. The smallest absolute Gasteiger partial charge is 0.223 e. The van der Waals surface area contributed by atoms with E-state index >= 15 is 0 Å². The first-order valence-electron chi connectivity index (χ1n) is 5.88. The van der Waals surface area contributed by atoms with Gasteiger partial charge in [0, 0.05) is 24.0 Å². The van der Waals surface area contributed by atoms with Gasteiger partial charge < -0.3 is 10.6 Å². The Balaban J connectivity index is 1.93. The second-order valence-corrected chi connectivity index (χ2v) is 5.34. The SMILES string of the molecule is NC(=O)C1CC(=O)N(CCc2ccccc2Br)C1. The molecule has 1 aromatic rings. The first-order valence-corrected chi connectivity index (χ1v) is 6.67. The fraction of sp³-hybridized carbons (Fsp3) is 0.385. The number of halogens is 1. The van der Waals surface area contributed by atoms with Crippen LogP contribution in [0.3, 0.4) is 0 Å². The number of nitrogens with zero attached hydrogens (tertiary/aromatic N) is 1. The standard InChI is InChI=1S/C13H15BrN2O2/c14-11-4-2-1-3-9(11)5-6-16-8-10(13(15)18)7-12(16)17/h1-4,10H,5-8H2,(H2,15,18). The van der Waals surface area contributed by atoms with Crippen molar-refractivity contribution in [2.75, 3.05) is 13.1 Å². The molecule has 0 saturated carbocycles. The Morgan fingerprint density at radius 1 is 1.44 bits per heavy atom. The summed E-state index contributed by atoms with van der Waals surface area (Å²) in [6.45, 7) is 1.09. The van der Waals surface area contributed by atoms with Gasteiger partial charge in [0.25, 0.3) is 0 Å². The molecule has 1 unspecified atom stereocenters. The predicted molar refractivity (Wildman–Crippen MR) is 71.7 cm³/mol. The molecule has 4 nitrogen and oxygen atoms in total. The Kier molecular flexibility index (Phi) is 4.01. The molecule has 0 aromatic heterocycles. The van der Waals surface area contributed by atoms with Crippen LogP contribution in [-0.4, -0.2) is 29.8 Å². The molecule has 0 bridgehead atoms. The van der Waals surface area contributed by atoms with Gasteiger partial charge in [-0.3, -0.25) is 9.59 Å². The zero-order valence-electron chi connectivity index (χ0n) is 9.93. The first-order chi connectivity index (χ1) is 8.58. The molecule has 18 heavy (non-hydrogen) atoms. The molecule has 0 spiro atoms. The summed E-state index contributed by atoms with van der Waals surface area (Å²) in [6.07, 6.45) is 1.03. The topological polar surface area (TPSA) is 63.4 Å². The number of hydrogen-bond donors (Lipinski definition) is 1. The Morgan fingerprint density at radius 2 is 2.17 bits per heavy atom. The van der Waals surface area contributed by atoms with Crippen molar-refractivity contribution in [3.05, 3.63) is 34.3 Å². The lowest BCUT2D eigenvalue weighted by Gasteiger charge is -2.16. The molecule has 2 rings (SSSR count). The monoisotopic (exact) mass is 310 g/mol. The van der Waals surface area contributed by atoms with Gasteiger partial charge in [-0.2, -0.15) is 0 Å². The van der Waals surface area contributed by atoms with E-state index in [1.807, 2.05) is 24.3 Å². The summed E-state index contributed by atoms with van der Waals surface area (Å²) in [5.41, 5.74) is 6.39. The van der Waals surface area contributed by atoms with Crippen LogP contribution in [0.1, 0.15) is 12.0 Å². The Morgan fingerprint density at radius 3 is 2.78 bits per heavy atom. The van der Waals surface area contributed by atoms with Crippen molar-refractivity contribution in [2.24, 2.45) is 11.7 Å². The Labute approximate surface area is 114 Å². The predicted octanol–water partition coefficient (Wildman–Crippen LogP) is 1.33. The number of rotatable bonds is 4. The summed E-state index contributed by atoms with van der Waals surface area (Å²) in [5, 5.41) is 0. The maximum absolute atomic E-state index is 11.7. The van der Waals surface area contributed by atoms with Crippen molar-refractivity contribution in [3.63, 3.8) is 0 Å². The molecule has 1 aliphatic heterocycles. The third-order valence-corrected chi connectivity index (χ3v) is 4.00. The summed E-state index contributed by atoms with van der Waals surface area (Å²) in [7, 11) is 0. The summed E-state index contributed by atoms with van der Waals surface area (Å²) < 4.78 is 1.04. The quantitative estimate of drug-likeness (QED) is 0.911. The van der Waals surface area contributed by atoms with Crippen molar-refractivity contribution in [3.8, 4) is 0 Å². The van der Waals surface area contributed by atoms with E-state index in [0.29, 0.717) is 13.1 Å². The highest BCUT2D eigenvalue weighted by Crippen LogP contribution is 2.20. The van der Waals surface area contributed by atoms with E-state index in [1.54, 1.807) is 4.90 Å². The lowest BCUT2D eigenvalue weighted by molar-refractivity contribution is -0.128. The fourth-order valence-electron chi connectivity index (χ4n) is 2.14. The van der Waals surface area contributed by atoms with Crippen LogP contribution < -0.4 is 5.73 Å². The fourth-order valence-corrected chi connectivity index (χ4v) is 2.62. The summed E-state index contributed by atoms with van der Waals surface area (Å²) >= 11 is 3.48. The number of benzene rings is 1. The number of primary amides is 1. The zero-order chi connectivity index (χ0) is 13.1. The van der Waals surface area contributed by atoms with E-state index < -0.39 is 0 Å². The molecule has 2 N–H and O–H groups in total. The van der Waals surface area contributed by atoms with Crippen molar-refractivity contribution >= 4 is 27.7 Å². The molecule has 1 heterocycles. The van der Waals surface area contributed by atoms with Crippen LogP contribution >= 0.6 is 15.9 Å². The van der Waals surface area contributed by atoms with Gasteiger partial charge in [-0.15, -0.1) is 0 Å². The highest BCUT2D eigenvalue weighted by atomic mass is 79.9. The molecule has 2 amide bonds. The lowest BCUT2D eigenvalue weighted by Crippen LogP contribution is -2.30. The minimum absolute atomic E-state index is 0.0193. The van der Waals surface area contributed by atoms with E-state index in [1.165, 1.54) is 0 Å². The minimum atomic E-state index is -0.383. The third kappa shape index (κ3) is 2.90. The number of carbonyl (C=O) groups excluding carboxylic acids is 2. The van der Waals surface area contributed by atoms with Gasteiger partial charge in [0.1, 0.15) is 0 Å². The zero-order valence-corrected chi connectivity index (χ0v) is 11.5. The van der Waals surface area contributed by atoms with Crippen LogP contribution in [0.2, 0.25) is 0 Å². The molecule has 1 aliphatic rings. The summed E-state index contributed by atoms with van der Waals surface area (Å²) in [4.78, 5) is 24.5. The van der Waals surface area contributed by atoms with E-state index in [0.717, 1.165) is 16.5 Å². The Hall–Kier alpha value is -1.36. The maximum Gasteiger partial charge on any atom is 0.223 e. The molecule has 1 saturated heterocycles. The lowest BCUT2D eigenvalue weighted by atomic mass is 10.1. The number of carbonyl (C=O) groups is 2. The Bertz CT molecular complexity index is 476. The number of amides is 2. The highest BCUT2D eigenvalue weighted by Gasteiger charge is 2.32. The van der Waals surface area contributed by atoms with Crippen LogP contribution in [0.25, 0.3) is 0 Å². The van der Waals surface area contributed by atoms with Crippen molar-refractivity contribution in [1.29, 1.82) is 0 Å². The normalized spacial score (nSPS) is 19.3. The largest absolute Gasteiger partial charge is 0.369 e.